The highest BCUT2D eigenvalue weighted by Gasteiger charge is 2.23. The predicted octanol–water partition coefficient (Wildman–Crippen LogP) is 2.70. The highest BCUT2D eigenvalue weighted by atomic mass is 15.2. The lowest BCUT2D eigenvalue weighted by Crippen LogP contribution is -2.15. The molecule has 0 spiro atoms. The highest BCUT2D eigenvalue weighted by molar-refractivity contribution is 5.42. The third kappa shape index (κ3) is 1.91. The van der Waals surface area contributed by atoms with Crippen LogP contribution in [0.1, 0.15) is 44.9 Å². The molecule has 0 aliphatic rings. The first kappa shape index (κ1) is 11.1. The molecule has 0 bridgehead atoms. The van der Waals surface area contributed by atoms with E-state index in [1.165, 1.54) is 5.69 Å². The second-order valence-electron chi connectivity index (χ2n) is 4.66. The Hall–Kier alpha value is -0.990. The number of anilines is 1. The molecule has 1 heterocycles. The monoisotopic (exact) mass is 195 g/mol. The van der Waals surface area contributed by atoms with Crippen molar-refractivity contribution in [2.45, 2.75) is 40.5 Å². The third-order valence-corrected chi connectivity index (χ3v) is 2.85. The highest BCUT2D eigenvalue weighted by Crippen LogP contribution is 2.33. The minimum atomic E-state index is 0.514. The number of aromatic nitrogens is 2. The maximum Gasteiger partial charge on any atom is 0.148 e. The molecule has 0 unspecified atom stereocenters. The van der Waals surface area contributed by atoms with E-state index in [0.717, 1.165) is 5.56 Å². The molecule has 1 rings (SSSR count). The molecule has 3 heteroatoms. The van der Waals surface area contributed by atoms with Gasteiger partial charge in [0, 0.05) is 17.2 Å². The zero-order valence-corrected chi connectivity index (χ0v) is 9.76. The topological polar surface area (TPSA) is 54.7 Å². The second-order valence-corrected chi connectivity index (χ2v) is 4.66. The van der Waals surface area contributed by atoms with Gasteiger partial charge in [0.1, 0.15) is 5.82 Å². The Morgan fingerprint density at radius 2 is 1.64 bits per heavy atom. The Morgan fingerprint density at radius 3 is 1.93 bits per heavy atom. The summed E-state index contributed by atoms with van der Waals surface area (Å²) in [4.78, 5) is 0. The smallest absolute Gasteiger partial charge is 0.148 e. The molecule has 0 saturated carbocycles. The van der Waals surface area contributed by atoms with Crippen LogP contribution in [0.5, 0.6) is 0 Å². The van der Waals surface area contributed by atoms with Gasteiger partial charge in [0.05, 0.1) is 0 Å². The van der Waals surface area contributed by atoms with Crippen LogP contribution in [-0.2, 0) is 0 Å². The van der Waals surface area contributed by atoms with Gasteiger partial charge in [0.25, 0.3) is 0 Å². The number of nitrogens with one attached hydrogen (secondary N) is 1. The first-order valence-corrected chi connectivity index (χ1v) is 5.25. The van der Waals surface area contributed by atoms with E-state index in [2.05, 4.69) is 37.9 Å². The molecule has 1 aromatic rings. The Labute approximate surface area is 86.1 Å². The van der Waals surface area contributed by atoms with E-state index in [-0.39, 0.29) is 0 Å². The van der Waals surface area contributed by atoms with Crippen LogP contribution < -0.4 is 5.73 Å². The number of nitrogens with two attached hydrogens (primary N) is 1. The molecular formula is C11H21N3. The van der Waals surface area contributed by atoms with Crippen molar-refractivity contribution < 1.29 is 0 Å². The third-order valence-electron chi connectivity index (χ3n) is 2.85. The number of rotatable bonds is 3. The summed E-state index contributed by atoms with van der Waals surface area (Å²) in [5, 5.41) is 7.12. The Kier molecular flexibility index (Phi) is 3.19. The van der Waals surface area contributed by atoms with Gasteiger partial charge >= 0.3 is 0 Å². The lowest BCUT2D eigenvalue weighted by Gasteiger charge is -2.24. The number of nitrogens with zero attached hydrogens (tertiary/aromatic N) is 1. The van der Waals surface area contributed by atoms with Gasteiger partial charge in [-0.25, -0.2) is 0 Å². The van der Waals surface area contributed by atoms with Crippen LogP contribution in [0.3, 0.4) is 0 Å². The predicted molar refractivity (Wildman–Crippen MR) is 60.2 cm³/mol. The Bertz CT molecular complexity index is 291. The lowest BCUT2D eigenvalue weighted by atomic mass is 9.82. The standard InChI is InChI=1S/C11H21N3/c1-6(2)9(7(3)4)10-8(5)11(12)14-13-10/h6-7,9H,1-5H3,(H3,12,13,14). The quantitative estimate of drug-likeness (QED) is 0.779. The number of hydrogen-bond donors (Lipinski definition) is 2. The Balaban J connectivity index is 3.05. The molecule has 3 nitrogen and oxygen atoms in total. The van der Waals surface area contributed by atoms with Gasteiger partial charge in [-0.2, -0.15) is 5.10 Å². The van der Waals surface area contributed by atoms with Gasteiger partial charge < -0.3 is 5.73 Å². The average molecular weight is 195 g/mol. The van der Waals surface area contributed by atoms with Crippen molar-refractivity contribution in [2.24, 2.45) is 11.8 Å². The molecule has 0 aliphatic carbocycles. The largest absolute Gasteiger partial charge is 0.382 e. The fourth-order valence-electron chi connectivity index (χ4n) is 2.19. The van der Waals surface area contributed by atoms with Gasteiger partial charge in [0.15, 0.2) is 0 Å². The SMILES string of the molecule is Cc1c(N)n[nH]c1C(C(C)C)C(C)C. The zero-order chi connectivity index (χ0) is 10.9. The maximum absolute atomic E-state index is 5.74. The molecule has 3 N–H and O–H groups in total. The maximum atomic E-state index is 5.74. The van der Waals surface area contributed by atoms with Crippen LogP contribution in [-0.4, -0.2) is 10.2 Å². The molecule has 1 aromatic heterocycles. The van der Waals surface area contributed by atoms with Crippen LogP contribution in [0.25, 0.3) is 0 Å². The molecule has 0 aromatic carbocycles. The van der Waals surface area contributed by atoms with Gasteiger partial charge in [-0.05, 0) is 18.8 Å². The average Bonchev–Trinajstić information content (AvgIpc) is 2.35. The second kappa shape index (κ2) is 4.03. The molecule has 0 aliphatic heterocycles. The zero-order valence-electron chi connectivity index (χ0n) is 9.76. The number of aromatic amines is 1. The van der Waals surface area contributed by atoms with E-state index in [1.807, 2.05) is 6.92 Å². The fraction of sp³-hybridized carbons (Fsp3) is 0.727. The first-order valence-electron chi connectivity index (χ1n) is 5.25. The van der Waals surface area contributed by atoms with Crippen LogP contribution in [0, 0.1) is 18.8 Å². The molecule has 0 atom stereocenters. The van der Waals surface area contributed by atoms with Crippen LogP contribution in [0.2, 0.25) is 0 Å². The molecule has 0 saturated heterocycles. The van der Waals surface area contributed by atoms with Gasteiger partial charge in [-0.3, -0.25) is 5.10 Å². The Morgan fingerprint density at radius 1 is 1.14 bits per heavy atom. The molecular weight excluding hydrogens is 174 g/mol. The summed E-state index contributed by atoms with van der Waals surface area (Å²) in [6, 6.07) is 0. The van der Waals surface area contributed by atoms with E-state index in [9.17, 15) is 0 Å². The van der Waals surface area contributed by atoms with E-state index in [1.54, 1.807) is 0 Å². The van der Waals surface area contributed by atoms with Crippen molar-refractivity contribution >= 4 is 5.82 Å². The van der Waals surface area contributed by atoms with Crippen LogP contribution in [0.15, 0.2) is 0 Å². The number of nitrogen functional groups attached to an aromatic ring is 1. The van der Waals surface area contributed by atoms with Crippen molar-refractivity contribution in [3.63, 3.8) is 0 Å². The van der Waals surface area contributed by atoms with Crippen LogP contribution in [0.4, 0.5) is 5.82 Å². The van der Waals surface area contributed by atoms with E-state index in [4.69, 9.17) is 5.73 Å². The minimum Gasteiger partial charge on any atom is -0.382 e. The van der Waals surface area contributed by atoms with Gasteiger partial charge in [-0.15, -0.1) is 0 Å². The minimum absolute atomic E-state index is 0.514. The van der Waals surface area contributed by atoms with E-state index < -0.39 is 0 Å². The summed E-state index contributed by atoms with van der Waals surface area (Å²) in [7, 11) is 0. The van der Waals surface area contributed by atoms with Crippen molar-refractivity contribution in [1.29, 1.82) is 0 Å². The molecule has 0 radical (unpaired) electrons. The summed E-state index contributed by atoms with van der Waals surface area (Å²) >= 11 is 0. The lowest BCUT2D eigenvalue weighted by molar-refractivity contribution is 0.378. The van der Waals surface area contributed by atoms with Crippen molar-refractivity contribution in [3.05, 3.63) is 11.3 Å². The normalized spacial score (nSPS) is 12.0. The fourth-order valence-corrected chi connectivity index (χ4v) is 2.19. The molecule has 80 valence electrons. The molecule has 0 amide bonds. The van der Waals surface area contributed by atoms with Crippen molar-refractivity contribution in [3.8, 4) is 0 Å². The number of hydrogen-bond acceptors (Lipinski definition) is 2. The first-order chi connectivity index (χ1) is 6.45. The summed E-state index contributed by atoms with van der Waals surface area (Å²) in [6.07, 6.45) is 0. The summed E-state index contributed by atoms with van der Waals surface area (Å²) in [5.41, 5.74) is 8.05. The van der Waals surface area contributed by atoms with Crippen LogP contribution >= 0.6 is 0 Å². The van der Waals surface area contributed by atoms with Crippen molar-refractivity contribution in [2.75, 3.05) is 5.73 Å². The summed E-state index contributed by atoms with van der Waals surface area (Å²) in [5.74, 6) is 2.35. The summed E-state index contributed by atoms with van der Waals surface area (Å²) in [6.45, 7) is 11.0. The molecule has 14 heavy (non-hydrogen) atoms. The van der Waals surface area contributed by atoms with Gasteiger partial charge in [-0.1, -0.05) is 27.7 Å². The van der Waals surface area contributed by atoms with Gasteiger partial charge in [0.2, 0.25) is 0 Å². The molecule has 0 fully saturated rings. The van der Waals surface area contributed by atoms with Crippen molar-refractivity contribution in [1.82, 2.24) is 10.2 Å². The van der Waals surface area contributed by atoms with E-state index >= 15 is 0 Å². The number of H-pyrrole nitrogens is 1. The van der Waals surface area contributed by atoms with E-state index in [0.29, 0.717) is 23.6 Å². The summed E-state index contributed by atoms with van der Waals surface area (Å²) < 4.78 is 0.